The van der Waals surface area contributed by atoms with Gasteiger partial charge in [0.05, 0.1) is 51.2 Å². The Labute approximate surface area is 236 Å². The number of hydroxylamine groups is 2. The van der Waals surface area contributed by atoms with Gasteiger partial charge in [0, 0.05) is 31.4 Å². The highest BCUT2D eigenvalue weighted by Gasteiger charge is 2.34. The summed E-state index contributed by atoms with van der Waals surface area (Å²) in [5.41, 5.74) is -0.397. The van der Waals surface area contributed by atoms with Gasteiger partial charge in [-0.3, -0.25) is 29.4 Å². The van der Waals surface area contributed by atoms with E-state index in [0.717, 1.165) is 34.2 Å². The monoisotopic (exact) mass is 592 g/mol. The maximum Gasteiger partial charge on any atom is 0.433 e. The molecule has 3 aromatic rings. The minimum absolute atomic E-state index is 0.0257. The Morgan fingerprint density at radius 3 is 2.60 bits per heavy atom. The minimum atomic E-state index is -0.936. The number of furan rings is 1. The molecule has 1 saturated heterocycles. The van der Waals surface area contributed by atoms with Crippen molar-refractivity contribution in [1.82, 2.24) is 25.4 Å². The molecular weight excluding hydrogens is 566 g/mol. The smallest absolute Gasteiger partial charge is 0.433 e. The second-order valence-electron chi connectivity index (χ2n) is 8.84. The zero-order valence-corrected chi connectivity index (χ0v) is 22.4. The molecule has 1 aliphatic heterocycles. The Morgan fingerprint density at radius 1 is 1.26 bits per heavy atom. The van der Waals surface area contributed by atoms with Crippen LogP contribution in [-0.2, 0) is 20.9 Å². The molecule has 1 atom stereocenters. The van der Waals surface area contributed by atoms with E-state index in [1.807, 2.05) is 0 Å². The number of nitrogens with one attached hydrogen (secondary N) is 1. The van der Waals surface area contributed by atoms with Crippen molar-refractivity contribution in [3.8, 4) is 0 Å². The fraction of sp³-hybridized carbons (Fsp3) is 0.375. The van der Waals surface area contributed by atoms with E-state index in [9.17, 15) is 24.5 Å². The van der Waals surface area contributed by atoms with E-state index in [1.165, 1.54) is 22.9 Å². The molecule has 224 valence electrons. The van der Waals surface area contributed by atoms with Crippen molar-refractivity contribution in [2.24, 2.45) is 0 Å². The van der Waals surface area contributed by atoms with Crippen LogP contribution in [0.1, 0.15) is 17.5 Å². The molecule has 1 aromatic carbocycles. The largest absolute Gasteiger partial charge is 0.442 e. The maximum absolute atomic E-state index is 15.2. The molecule has 0 radical (unpaired) electrons. The van der Waals surface area contributed by atoms with Crippen LogP contribution in [0, 0.1) is 21.7 Å². The molecule has 0 unspecified atom stereocenters. The quantitative estimate of drug-likeness (QED) is 0.226. The predicted octanol–water partition coefficient (Wildman–Crippen LogP) is 1.73. The summed E-state index contributed by atoms with van der Waals surface area (Å²) >= 11 is 0. The number of amides is 3. The van der Waals surface area contributed by atoms with Crippen LogP contribution in [0.5, 0.6) is 0 Å². The lowest BCUT2D eigenvalue weighted by atomic mass is 10.2. The van der Waals surface area contributed by atoms with E-state index in [0.29, 0.717) is 0 Å². The highest BCUT2D eigenvalue weighted by molar-refractivity contribution is 5.94. The lowest BCUT2D eigenvalue weighted by Crippen LogP contribution is -2.43. The Hall–Kier alpha value is -5.13. The third-order valence-electron chi connectivity index (χ3n) is 6.22. The Kier molecular flexibility index (Phi) is 9.25. The van der Waals surface area contributed by atoms with Gasteiger partial charge in [0.1, 0.15) is 16.7 Å². The van der Waals surface area contributed by atoms with Gasteiger partial charge in [-0.1, -0.05) is 5.21 Å². The van der Waals surface area contributed by atoms with Crippen molar-refractivity contribution in [2.75, 3.05) is 49.6 Å². The second kappa shape index (κ2) is 13.0. The SMILES string of the molecule is CCN(CCN(OC)C(=O)CNC(=O)c1ccc([N+](=O)[O-])o1)c1c(F)cc(N2C[C@H](Cn3ccnn3)OC2=O)cc1F. The normalized spacial score (nSPS) is 14.5. The molecule has 0 spiro atoms. The van der Waals surface area contributed by atoms with Gasteiger partial charge in [0.2, 0.25) is 0 Å². The lowest BCUT2D eigenvalue weighted by Gasteiger charge is -2.28. The summed E-state index contributed by atoms with van der Waals surface area (Å²) in [6, 6.07) is 4.13. The molecule has 2 aromatic heterocycles. The van der Waals surface area contributed by atoms with Gasteiger partial charge >= 0.3 is 12.0 Å². The molecule has 3 heterocycles. The number of nitrogens with zero attached hydrogens (tertiary/aromatic N) is 7. The molecule has 1 fully saturated rings. The third-order valence-corrected chi connectivity index (χ3v) is 6.22. The van der Waals surface area contributed by atoms with Crippen LogP contribution in [0.4, 0.5) is 30.8 Å². The summed E-state index contributed by atoms with van der Waals surface area (Å²) in [6.07, 6.45) is 1.70. The molecule has 1 N–H and O–H groups in total. The highest BCUT2D eigenvalue weighted by Crippen LogP contribution is 2.31. The Balaban J connectivity index is 1.36. The molecule has 0 aliphatic carbocycles. The topological polar surface area (TPSA) is 178 Å². The van der Waals surface area contributed by atoms with E-state index in [-0.39, 0.29) is 49.9 Å². The Bertz CT molecular complexity index is 1430. The number of hydrogen-bond acceptors (Lipinski definition) is 11. The predicted molar refractivity (Wildman–Crippen MR) is 138 cm³/mol. The van der Waals surface area contributed by atoms with Gasteiger partial charge in [0.25, 0.3) is 11.8 Å². The number of nitro groups is 1. The molecule has 1 aliphatic rings. The van der Waals surface area contributed by atoms with E-state index >= 15 is 8.78 Å². The van der Waals surface area contributed by atoms with Crippen LogP contribution in [0.15, 0.2) is 41.1 Å². The van der Waals surface area contributed by atoms with Gasteiger partial charge < -0.3 is 19.4 Å². The number of halogens is 2. The van der Waals surface area contributed by atoms with E-state index < -0.39 is 53.0 Å². The number of rotatable bonds is 13. The first kappa shape index (κ1) is 29.8. The molecule has 42 heavy (non-hydrogen) atoms. The number of likely N-dealkylation sites (N-methyl/N-ethyl adjacent to an activating group) is 1. The average Bonchev–Trinajstić information content (AvgIpc) is 3.72. The number of benzene rings is 1. The van der Waals surface area contributed by atoms with Crippen LogP contribution >= 0.6 is 0 Å². The van der Waals surface area contributed by atoms with Gasteiger partial charge in [0.15, 0.2) is 17.4 Å². The summed E-state index contributed by atoms with van der Waals surface area (Å²) in [5.74, 6) is -4.43. The maximum atomic E-state index is 15.2. The molecule has 0 bridgehead atoms. The highest BCUT2D eigenvalue weighted by atomic mass is 19.1. The number of hydrogen-bond donors (Lipinski definition) is 1. The van der Waals surface area contributed by atoms with Crippen molar-refractivity contribution in [3.63, 3.8) is 0 Å². The van der Waals surface area contributed by atoms with Crippen LogP contribution in [0.25, 0.3) is 0 Å². The number of aromatic nitrogens is 3. The molecule has 16 nitrogen and oxygen atoms in total. The van der Waals surface area contributed by atoms with Crippen LogP contribution < -0.4 is 15.1 Å². The second-order valence-corrected chi connectivity index (χ2v) is 8.84. The fourth-order valence-corrected chi connectivity index (χ4v) is 4.21. The zero-order valence-electron chi connectivity index (χ0n) is 22.4. The van der Waals surface area contributed by atoms with Gasteiger partial charge in [-0.2, -0.15) is 0 Å². The Morgan fingerprint density at radius 2 is 2.00 bits per heavy atom. The van der Waals surface area contributed by atoms with Crippen molar-refractivity contribution in [3.05, 3.63) is 64.2 Å². The van der Waals surface area contributed by atoms with Crippen molar-refractivity contribution in [2.45, 2.75) is 19.6 Å². The first-order chi connectivity index (χ1) is 20.1. The van der Waals surface area contributed by atoms with Gasteiger partial charge in [-0.15, -0.1) is 5.10 Å². The average molecular weight is 593 g/mol. The van der Waals surface area contributed by atoms with E-state index in [2.05, 4.69) is 15.6 Å². The summed E-state index contributed by atoms with van der Waals surface area (Å²) in [6.45, 7) is 1.32. The fourth-order valence-electron chi connectivity index (χ4n) is 4.21. The van der Waals surface area contributed by atoms with Crippen molar-refractivity contribution >= 4 is 35.2 Å². The van der Waals surface area contributed by atoms with Crippen LogP contribution in [0.2, 0.25) is 0 Å². The molecule has 18 heteroatoms. The first-order valence-corrected chi connectivity index (χ1v) is 12.5. The van der Waals surface area contributed by atoms with Crippen molar-refractivity contribution in [1.29, 1.82) is 0 Å². The number of carbonyl (C=O) groups excluding carboxylic acids is 3. The summed E-state index contributed by atoms with van der Waals surface area (Å²) in [4.78, 5) is 54.5. The van der Waals surface area contributed by atoms with E-state index in [1.54, 1.807) is 13.1 Å². The number of ether oxygens (including phenoxy) is 1. The molecular formula is C24H26F2N8O8. The third kappa shape index (κ3) is 6.77. The summed E-state index contributed by atoms with van der Waals surface area (Å²) in [5, 5.41) is 21.3. The van der Waals surface area contributed by atoms with Crippen LogP contribution in [0.3, 0.4) is 0 Å². The van der Waals surface area contributed by atoms with Crippen molar-refractivity contribution < 1.29 is 42.1 Å². The standard InChI is InChI=1S/C24H26F2N8O8/c1-3-30(8-9-33(40-2)20(35)12-27-23(36)19-4-5-21(42-19)34(38)39)22-17(25)10-15(11-18(22)26)32-14-16(41-24(32)37)13-31-7-6-28-29-31/h4-7,10-11,16H,3,8-9,12-14H2,1-2H3,(H,27,36)/t16-/m0/s1. The lowest BCUT2D eigenvalue weighted by molar-refractivity contribution is -0.402. The summed E-state index contributed by atoms with van der Waals surface area (Å²) < 4.78 is 42.0. The minimum Gasteiger partial charge on any atom is -0.442 e. The zero-order chi connectivity index (χ0) is 30.4. The number of anilines is 2. The first-order valence-electron chi connectivity index (χ1n) is 12.5. The van der Waals surface area contributed by atoms with E-state index in [4.69, 9.17) is 14.0 Å². The molecule has 3 amide bonds. The van der Waals surface area contributed by atoms with Gasteiger partial charge in [-0.05, 0) is 13.0 Å². The molecule has 0 saturated carbocycles. The van der Waals surface area contributed by atoms with Gasteiger partial charge in [-0.25, -0.2) is 23.3 Å². The van der Waals surface area contributed by atoms with Crippen LogP contribution in [-0.4, -0.2) is 88.8 Å². The number of carbonyl (C=O) groups is 3. The number of cyclic esters (lactones) is 1. The molecule has 4 rings (SSSR count). The summed E-state index contributed by atoms with van der Waals surface area (Å²) in [7, 11) is 1.20.